The van der Waals surface area contributed by atoms with Crippen LogP contribution in [0.5, 0.6) is 5.75 Å². The number of aryl methyl sites for hydroxylation is 2. The Morgan fingerprint density at radius 1 is 1.19 bits per heavy atom. The number of nitrogens with one attached hydrogen (secondary N) is 2. The molecule has 3 rings (SSSR count). The third-order valence-corrected chi connectivity index (χ3v) is 5.15. The summed E-state index contributed by atoms with van der Waals surface area (Å²) in [5, 5.41) is 10.8. The third kappa shape index (κ3) is 5.48. The standard InChI is InChI=1S/C21H20ClF3N4OS/c1-11-7-8-17(18(9-11)30-20(24)25)26-21(31)27-19-12(2)28-29(13(19)3)10-14-15(22)5-4-6-16(14)23/h4-9,20H,10H2,1-3H3,(H2,26,27,31). The summed E-state index contributed by atoms with van der Waals surface area (Å²) in [6.45, 7) is 2.52. The van der Waals surface area contributed by atoms with E-state index >= 15 is 0 Å². The van der Waals surface area contributed by atoms with Gasteiger partial charge in [-0.15, -0.1) is 0 Å². The average Bonchev–Trinajstić information content (AvgIpc) is 2.94. The number of hydrogen-bond acceptors (Lipinski definition) is 3. The van der Waals surface area contributed by atoms with E-state index in [1.165, 1.54) is 18.2 Å². The molecule has 0 amide bonds. The number of thiocarbonyl (C=S) groups is 1. The van der Waals surface area contributed by atoms with Crippen LogP contribution in [0.4, 0.5) is 24.5 Å². The number of aromatic nitrogens is 2. The quantitative estimate of drug-likeness (QED) is 0.431. The number of alkyl halides is 2. The second kappa shape index (κ2) is 9.57. The van der Waals surface area contributed by atoms with Crippen molar-refractivity contribution in [2.75, 3.05) is 10.6 Å². The number of benzene rings is 2. The van der Waals surface area contributed by atoms with E-state index in [1.54, 1.807) is 43.7 Å². The van der Waals surface area contributed by atoms with Crippen molar-refractivity contribution < 1.29 is 17.9 Å². The molecule has 0 atom stereocenters. The maximum Gasteiger partial charge on any atom is 0.387 e. The molecule has 0 saturated heterocycles. The SMILES string of the molecule is Cc1ccc(NC(=S)Nc2c(C)nn(Cc3c(F)cccc3Cl)c2C)c(OC(F)F)c1. The summed E-state index contributed by atoms with van der Waals surface area (Å²) < 4.78 is 45.8. The van der Waals surface area contributed by atoms with Crippen LogP contribution >= 0.6 is 23.8 Å². The van der Waals surface area contributed by atoms with Crippen molar-refractivity contribution in [1.82, 2.24) is 9.78 Å². The third-order valence-electron chi connectivity index (χ3n) is 4.59. The van der Waals surface area contributed by atoms with E-state index in [4.69, 9.17) is 23.8 Å². The fourth-order valence-electron chi connectivity index (χ4n) is 3.06. The summed E-state index contributed by atoms with van der Waals surface area (Å²) in [7, 11) is 0. The van der Waals surface area contributed by atoms with Crippen molar-refractivity contribution in [3.8, 4) is 5.75 Å². The van der Waals surface area contributed by atoms with Gasteiger partial charge in [0.15, 0.2) is 5.11 Å². The number of anilines is 2. The molecule has 0 aliphatic rings. The number of ether oxygens (including phenoxy) is 1. The molecule has 10 heteroatoms. The lowest BCUT2D eigenvalue weighted by Gasteiger charge is -2.15. The van der Waals surface area contributed by atoms with Crippen molar-refractivity contribution in [2.45, 2.75) is 33.9 Å². The molecule has 0 saturated carbocycles. The van der Waals surface area contributed by atoms with Crippen LogP contribution in [0, 0.1) is 26.6 Å². The zero-order valence-corrected chi connectivity index (χ0v) is 18.5. The van der Waals surface area contributed by atoms with E-state index in [0.717, 1.165) is 5.56 Å². The highest BCUT2D eigenvalue weighted by atomic mass is 35.5. The van der Waals surface area contributed by atoms with Crippen molar-refractivity contribution in [2.24, 2.45) is 0 Å². The normalized spacial score (nSPS) is 11.0. The molecule has 5 nitrogen and oxygen atoms in total. The lowest BCUT2D eigenvalue weighted by molar-refractivity contribution is -0.0493. The molecular formula is C21H20ClF3N4OS. The maximum absolute atomic E-state index is 14.1. The van der Waals surface area contributed by atoms with Crippen LogP contribution < -0.4 is 15.4 Å². The first-order chi connectivity index (χ1) is 14.7. The average molecular weight is 469 g/mol. The van der Waals surface area contributed by atoms with Gasteiger partial charge < -0.3 is 15.4 Å². The molecule has 0 fully saturated rings. The summed E-state index contributed by atoms with van der Waals surface area (Å²) in [6.07, 6.45) is 0. The van der Waals surface area contributed by atoms with Gasteiger partial charge >= 0.3 is 6.61 Å². The summed E-state index contributed by atoms with van der Waals surface area (Å²) in [5.74, 6) is -0.435. The monoisotopic (exact) mass is 468 g/mol. The predicted octanol–water partition coefficient (Wildman–Crippen LogP) is 6.06. The Balaban J connectivity index is 1.79. The summed E-state index contributed by atoms with van der Waals surface area (Å²) in [4.78, 5) is 0. The first-order valence-corrected chi connectivity index (χ1v) is 10.0. The molecule has 0 unspecified atom stereocenters. The second-order valence-corrected chi connectivity index (χ2v) is 7.68. The minimum Gasteiger partial charge on any atom is -0.433 e. The maximum atomic E-state index is 14.1. The lowest BCUT2D eigenvalue weighted by Crippen LogP contribution is -2.21. The summed E-state index contributed by atoms with van der Waals surface area (Å²) in [5.41, 5.74) is 3.34. The lowest BCUT2D eigenvalue weighted by atomic mass is 10.2. The fraction of sp³-hybridized carbons (Fsp3) is 0.238. The van der Waals surface area contributed by atoms with Gasteiger partial charge in [-0.2, -0.15) is 13.9 Å². The van der Waals surface area contributed by atoms with Gasteiger partial charge in [0.05, 0.1) is 29.3 Å². The van der Waals surface area contributed by atoms with Crippen molar-refractivity contribution in [3.05, 3.63) is 69.8 Å². The number of halogens is 4. The first-order valence-electron chi connectivity index (χ1n) is 9.26. The van der Waals surface area contributed by atoms with Crippen molar-refractivity contribution in [1.29, 1.82) is 0 Å². The van der Waals surface area contributed by atoms with Crippen LogP contribution in [-0.4, -0.2) is 21.5 Å². The Morgan fingerprint density at radius 3 is 2.61 bits per heavy atom. The van der Waals surface area contributed by atoms with Gasteiger partial charge in [-0.1, -0.05) is 23.7 Å². The van der Waals surface area contributed by atoms with E-state index in [1.807, 2.05) is 0 Å². The Bertz CT molecular complexity index is 1100. The van der Waals surface area contributed by atoms with Crippen LogP contribution in [0.3, 0.4) is 0 Å². The van der Waals surface area contributed by atoms with Crippen LogP contribution in [0.2, 0.25) is 5.02 Å². The van der Waals surface area contributed by atoms with Crippen LogP contribution in [-0.2, 0) is 6.54 Å². The van der Waals surface area contributed by atoms with Gasteiger partial charge in [-0.3, -0.25) is 4.68 Å². The van der Waals surface area contributed by atoms with Gasteiger partial charge in [-0.25, -0.2) is 4.39 Å². The molecule has 0 aliphatic heterocycles. The number of nitrogens with zero attached hydrogens (tertiary/aromatic N) is 2. The molecule has 31 heavy (non-hydrogen) atoms. The first kappa shape index (κ1) is 22.9. The topological polar surface area (TPSA) is 51.1 Å². The molecule has 1 aromatic heterocycles. The number of hydrogen-bond donors (Lipinski definition) is 2. The number of rotatable bonds is 6. The molecule has 2 N–H and O–H groups in total. The summed E-state index contributed by atoms with van der Waals surface area (Å²) in [6, 6.07) is 9.33. The molecule has 0 radical (unpaired) electrons. The van der Waals surface area contributed by atoms with Crippen LogP contribution in [0.1, 0.15) is 22.5 Å². The molecule has 0 aliphatic carbocycles. The van der Waals surface area contributed by atoms with Crippen molar-refractivity contribution in [3.63, 3.8) is 0 Å². The van der Waals surface area contributed by atoms with Gasteiger partial charge in [0.25, 0.3) is 0 Å². The van der Waals surface area contributed by atoms with Crippen LogP contribution in [0.15, 0.2) is 36.4 Å². The molecule has 0 bridgehead atoms. The smallest absolute Gasteiger partial charge is 0.387 e. The fourth-order valence-corrected chi connectivity index (χ4v) is 3.49. The highest BCUT2D eigenvalue weighted by Crippen LogP contribution is 2.28. The molecule has 3 aromatic rings. The Kier molecular flexibility index (Phi) is 7.07. The molecule has 164 valence electrons. The minimum absolute atomic E-state index is 0.0162. The molecule has 0 spiro atoms. The summed E-state index contributed by atoms with van der Waals surface area (Å²) >= 11 is 11.5. The minimum atomic E-state index is -2.96. The largest absolute Gasteiger partial charge is 0.433 e. The predicted molar refractivity (Wildman–Crippen MR) is 120 cm³/mol. The molecular weight excluding hydrogens is 449 g/mol. The second-order valence-electron chi connectivity index (χ2n) is 6.86. The van der Waals surface area contributed by atoms with Gasteiger partial charge in [0, 0.05) is 10.6 Å². The highest BCUT2D eigenvalue weighted by molar-refractivity contribution is 7.80. The van der Waals surface area contributed by atoms with Crippen LogP contribution in [0.25, 0.3) is 0 Å². The van der Waals surface area contributed by atoms with E-state index in [9.17, 15) is 13.2 Å². The van der Waals surface area contributed by atoms with Gasteiger partial charge in [0.2, 0.25) is 0 Å². The Labute approximate surface area is 188 Å². The zero-order chi connectivity index (χ0) is 22.7. The van der Waals surface area contributed by atoms with Gasteiger partial charge in [0.1, 0.15) is 11.6 Å². The highest BCUT2D eigenvalue weighted by Gasteiger charge is 2.17. The van der Waals surface area contributed by atoms with E-state index in [-0.39, 0.29) is 17.4 Å². The van der Waals surface area contributed by atoms with E-state index in [0.29, 0.717) is 33.3 Å². The Morgan fingerprint density at radius 2 is 1.94 bits per heavy atom. The molecule has 1 heterocycles. The zero-order valence-electron chi connectivity index (χ0n) is 17.0. The molecule has 2 aromatic carbocycles. The van der Waals surface area contributed by atoms with Crippen molar-refractivity contribution >= 4 is 40.3 Å². The van der Waals surface area contributed by atoms with E-state index in [2.05, 4.69) is 20.5 Å². The van der Waals surface area contributed by atoms with Gasteiger partial charge in [-0.05, 0) is 62.8 Å². The Hall–Kier alpha value is -2.78. The van der Waals surface area contributed by atoms with E-state index < -0.39 is 12.4 Å².